The minimum absolute atomic E-state index is 0.186. The van der Waals surface area contributed by atoms with Gasteiger partial charge in [0.05, 0.1) is 25.4 Å². The van der Waals surface area contributed by atoms with Crippen molar-refractivity contribution in [1.29, 1.82) is 0 Å². The van der Waals surface area contributed by atoms with Gasteiger partial charge in [-0.3, -0.25) is 4.79 Å². The van der Waals surface area contributed by atoms with Crippen LogP contribution in [0.25, 0.3) is 0 Å². The highest BCUT2D eigenvalue weighted by Crippen LogP contribution is 2.23. The standard InChI is InChI=1S/C65H115NO8/c1-3-5-7-9-11-13-15-17-19-21-22-23-24-25-26-27-28-29-30-31-32-33-34-35-36-37-38-39-41-43-45-47-49-51-53-55-61(69)66-58(57-73-65-64(72)63(71)62(70)60(56-67)74-65)59(68)54-52-50-48-46-44-42-40-20-18-16-14-12-10-8-6-4-2/h5,7,11,13,17,19,22-23,25-26,44,46,52,54,58-60,62-65,67-68,70-72H,3-4,6,8-10,12,14-16,18,20-21,24,27-43,45,47-51,53,55-57H2,1-2H3,(H,66,69)/b7-5-,13-11-,19-17-,23-22-,26-25-,46-44+,54-52+. The highest BCUT2D eigenvalue weighted by Gasteiger charge is 2.44. The molecule has 0 radical (unpaired) electrons. The van der Waals surface area contributed by atoms with E-state index in [4.69, 9.17) is 9.47 Å². The lowest BCUT2D eigenvalue weighted by Crippen LogP contribution is -2.60. The van der Waals surface area contributed by atoms with Gasteiger partial charge in [-0.2, -0.15) is 0 Å². The van der Waals surface area contributed by atoms with Gasteiger partial charge in [0.2, 0.25) is 5.91 Å². The van der Waals surface area contributed by atoms with Gasteiger partial charge in [0.1, 0.15) is 24.4 Å². The molecule has 0 saturated carbocycles. The average molecular weight is 1040 g/mol. The number of carbonyl (C=O) groups is 1. The highest BCUT2D eigenvalue weighted by atomic mass is 16.7. The fourth-order valence-electron chi connectivity index (χ4n) is 9.38. The Hall–Kier alpha value is -2.63. The summed E-state index contributed by atoms with van der Waals surface area (Å²) < 4.78 is 11.3. The van der Waals surface area contributed by atoms with Gasteiger partial charge in [-0.25, -0.2) is 0 Å². The van der Waals surface area contributed by atoms with Crippen molar-refractivity contribution in [3.63, 3.8) is 0 Å². The van der Waals surface area contributed by atoms with Gasteiger partial charge in [-0.1, -0.05) is 266 Å². The van der Waals surface area contributed by atoms with Crippen LogP contribution in [0.15, 0.2) is 85.1 Å². The van der Waals surface area contributed by atoms with Crippen LogP contribution in [0.3, 0.4) is 0 Å². The Morgan fingerprint density at radius 1 is 0.473 bits per heavy atom. The summed E-state index contributed by atoms with van der Waals surface area (Å²) in [5.74, 6) is -0.186. The molecule has 0 bridgehead atoms. The molecule has 74 heavy (non-hydrogen) atoms. The van der Waals surface area contributed by atoms with Gasteiger partial charge in [0.25, 0.3) is 0 Å². The van der Waals surface area contributed by atoms with Gasteiger partial charge in [0, 0.05) is 6.42 Å². The van der Waals surface area contributed by atoms with Crippen molar-refractivity contribution in [2.45, 2.75) is 307 Å². The molecule has 9 nitrogen and oxygen atoms in total. The summed E-state index contributed by atoms with van der Waals surface area (Å²) in [4.78, 5) is 13.1. The van der Waals surface area contributed by atoms with E-state index >= 15 is 0 Å². The summed E-state index contributed by atoms with van der Waals surface area (Å²) >= 11 is 0. The zero-order valence-electron chi connectivity index (χ0n) is 47.6. The summed E-state index contributed by atoms with van der Waals surface area (Å²) in [5.41, 5.74) is 0. The van der Waals surface area contributed by atoms with Crippen LogP contribution >= 0.6 is 0 Å². The van der Waals surface area contributed by atoms with Gasteiger partial charge in [0.15, 0.2) is 6.29 Å². The second-order valence-corrected chi connectivity index (χ2v) is 21.1. The fourth-order valence-corrected chi connectivity index (χ4v) is 9.38. The quantitative estimate of drug-likeness (QED) is 0.0261. The predicted octanol–water partition coefficient (Wildman–Crippen LogP) is 15.8. The monoisotopic (exact) mass is 1040 g/mol. The van der Waals surface area contributed by atoms with Crippen LogP contribution in [-0.2, 0) is 14.3 Å². The first-order chi connectivity index (χ1) is 36.3. The van der Waals surface area contributed by atoms with Crippen LogP contribution in [-0.4, -0.2) is 87.5 Å². The van der Waals surface area contributed by atoms with E-state index in [1.807, 2.05) is 6.08 Å². The van der Waals surface area contributed by atoms with E-state index in [-0.39, 0.29) is 12.5 Å². The number of unbranched alkanes of at least 4 members (excludes halogenated alkanes) is 30. The van der Waals surface area contributed by atoms with Gasteiger partial charge in [-0.05, 0) is 77.0 Å². The van der Waals surface area contributed by atoms with E-state index in [2.05, 4.69) is 92.1 Å². The average Bonchev–Trinajstić information content (AvgIpc) is 3.40. The largest absolute Gasteiger partial charge is 0.394 e. The normalized spacial score (nSPS) is 19.6. The highest BCUT2D eigenvalue weighted by molar-refractivity contribution is 5.76. The smallest absolute Gasteiger partial charge is 0.220 e. The van der Waals surface area contributed by atoms with Crippen molar-refractivity contribution < 1.29 is 39.8 Å². The van der Waals surface area contributed by atoms with Gasteiger partial charge < -0.3 is 40.3 Å². The minimum atomic E-state index is -1.57. The van der Waals surface area contributed by atoms with Crippen molar-refractivity contribution >= 4 is 5.91 Å². The topological polar surface area (TPSA) is 149 Å². The van der Waals surface area contributed by atoms with Crippen molar-refractivity contribution in [2.75, 3.05) is 13.2 Å². The number of rotatable bonds is 52. The van der Waals surface area contributed by atoms with Crippen molar-refractivity contribution in [2.24, 2.45) is 0 Å². The molecule has 0 aromatic rings. The lowest BCUT2D eigenvalue weighted by molar-refractivity contribution is -0.302. The molecule has 6 N–H and O–H groups in total. The maximum atomic E-state index is 13.1. The number of hydrogen-bond acceptors (Lipinski definition) is 8. The number of hydrogen-bond donors (Lipinski definition) is 6. The van der Waals surface area contributed by atoms with E-state index in [1.165, 1.54) is 173 Å². The molecule has 0 aliphatic carbocycles. The molecule has 7 atom stereocenters. The number of aliphatic hydroxyl groups is 5. The molecule has 1 aliphatic rings. The fraction of sp³-hybridized carbons (Fsp3) is 0.769. The minimum Gasteiger partial charge on any atom is -0.394 e. The molecule has 1 aliphatic heterocycles. The van der Waals surface area contributed by atoms with E-state index in [1.54, 1.807) is 6.08 Å². The molecule has 1 rings (SSSR count). The summed E-state index contributed by atoms with van der Waals surface area (Å²) in [5, 5.41) is 54.5. The molecule has 1 saturated heterocycles. The van der Waals surface area contributed by atoms with Crippen LogP contribution in [0.1, 0.15) is 264 Å². The Balaban J connectivity index is 2.13. The summed E-state index contributed by atoms with van der Waals surface area (Å²) in [6, 6.07) is -0.824. The molecule has 0 spiro atoms. The summed E-state index contributed by atoms with van der Waals surface area (Å²) in [6.45, 7) is 3.66. The SMILES string of the molecule is CC/C=C\C/C=C\C/C=C\C/C=C\C/C=C\CCCCCCCCCCCCCCCCCCCCCC(=O)NC(COC1OC(CO)C(O)C(O)C1O)C(O)/C=C/CC/C=C/CCCCCCCCCCCC. The predicted molar refractivity (Wildman–Crippen MR) is 313 cm³/mol. The van der Waals surface area contributed by atoms with Crippen molar-refractivity contribution in [3.05, 3.63) is 85.1 Å². The maximum absolute atomic E-state index is 13.1. The van der Waals surface area contributed by atoms with Gasteiger partial charge >= 0.3 is 0 Å². The molecule has 9 heteroatoms. The molecule has 1 heterocycles. The number of allylic oxidation sites excluding steroid dienone is 13. The third-order valence-corrected chi connectivity index (χ3v) is 14.2. The zero-order valence-corrected chi connectivity index (χ0v) is 47.6. The summed E-state index contributed by atoms with van der Waals surface area (Å²) in [7, 11) is 0. The molecule has 0 aromatic carbocycles. The Kier molecular flexibility index (Phi) is 50.4. The first-order valence-electron chi connectivity index (χ1n) is 30.8. The third-order valence-electron chi connectivity index (χ3n) is 14.2. The lowest BCUT2D eigenvalue weighted by Gasteiger charge is -2.40. The maximum Gasteiger partial charge on any atom is 0.220 e. The molecule has 7 unspecified atom stereocenters. The molecular weight excluding hydrogens is 923 g/mol. The van der Waals surface area contributed by atoms with E-state index in [9.17, 15) is 30.3 Å². The van der Waals surface area contributed by atoms with E-state index in [0.717, 1.165) is 70.6 Å². The Morgan fingerprint density at radius 2 is 0.851 bits per heavy atom. The molecule has 428 valence electrons. The first-order valence-corrected chi connectivity index (χ1v) is 30.8. The molecule has 1 amide bonds. The number of ether oxygens (including phenoxy) is 2. The third kappa shape index (κ3) is 42.5. The zero-order chi connectivity index (χ0) is 53.6. The molecule has 1 fully saturated rings. The Bertz CT molecular complexity index is 1440. The van der Waals surface area contributed by atoms with Crippen molar-refractivity contribution in [1.82, 2.24) is 5.32 Å². The lowest BCUT2D eigenvalue weighted by atomic mass is 9.99. The summed E-state index contributed by atoms with van der Waals surface area (Å²) in [6.07, 6.45) is 69.5. The number of nitrogens with one attached hydrogen (secondary N) is 1. The van der Waals surface area contributed by atoms with Crippen LogP contribution in [0.2, 0.25) is 0 Å². The van der Waals surface area contributed by atoms with Gasteiger partial charge in [-0.15, -0.1) is 0 Å². The van der Waals surface area contributed by atoms with Crippen LogP contribution in [0.5, 0.6) is 0 Å². The number of carbonyl (C=O) groups excluding carboxylic acids is 1. The number of aliphatic hydroxyl groups excluding tert-OH is 5. The Labute approximate surface area is 454 Å². The number of amides is 1. The second kappa shape index (κ2) is 53.8. The second-order valence-electron chi connectivity index (χ2n) is 21.1. The Morgan fingerprint density at radius 3 is 1.30 bits per heavy atom. The first kappa shape index (κ1) is 69.4. The van der Waals surface area contributed by atoms with Crippen LogP contribution in [0, 0.1) is 0 Å². The molecular formula is C65H115NO8. The van der Waals surface area contributed by atoms with E-state index in [0.29, 0.717) is 6.42 Å². The van der Waals surface area contributed by atoms with E-state index < -0.39 is 49.5 Å². The van der Waals surface area contributed by atoms with Crippen molar-refractivity contribution in [3.8, 4) is 0 Å². The van der Waals surface area contributed by atoms with Crippen LogP contribution < -0.4 is 5.32 Å². The molecule has 0 aromatic heterocycles. The van der Waals surface area contributed by atoms with Crippen LogP contribution in [0.4, 0.5) is 0 Å².